The van der Waals surface area contributed by atoms with Crippen LogP contribution in [0, 0.1) is 0 Å². The maximum atomic E-state index is 12.5. The van der Waals surface area contributed by atoms with Crippen LogP contribution < -0.4 is 5.32 Å². The SMILES string of the molecule is COC1CCCN(C(=O)Nc2cc(Cl)ccc2-n2cncn2)C1. The summed E-state index contributed by atoms with van der Waals surface area (Å²) in [4.78, 5) is 18.2. The summed E-state index contributed by atoms with van der Waals surface area (Å²) < 4.78 is 6.94. The number of likely N-dealkylation sites (tertiary alicyclic amines) is 1. The van der Waals surface area contributed by atoms with E-state index in [0.29, 0.717) is 29.5 Å². The number of amides is 2. The third-order valence-electron chi connectivity index (χ3n) is 3.86. The Hall–Kier alpha value is -2.12. The van der Waals surface area contributed by atoms with Gasteiger partial charge in [-0.3, -0.25) is 0 Å². The highest BCUT2D eigenvalue weighted by Gasteiger charge is 2.24. The van der Waals surface area contributed by atoms with Gasteiger partial charge < -0.3 is 15.0 Å². The van der Waals surface area contributed by atoms with E-state index in [2.05, 4.69) is 15.4 Å². The lowest BCUT2D eigenvalue weighted by Gasteiger charge is -2.32. The molecule has 1 aromatic carbocycles. The number of carbonyl (C=O) groups excluding carboxylic acids is 1. The summed E-state index contributed by atoms with van der Waals surface area (Å²) in [6.07, 6.45) is 5.00. The Morgan fingerprint density at radius 2 is 2.35 bits per heavy atom. The summed E-state index contributed by atoms with van der Waals surface area (Å²) in [5.41, 5.74) is 1.30. The van der Waals surface area contributed by atoms with Crippen molar-refractivity contribution >= 4 is 23.3 Å². The van der Waals surface area contributed by atoms with E-state index in [-0.39, 0.29) is 12.1 Å². The number of methoxy groups -OCH3 is 1. The standard InChI is InChI=1S/C15H18ClN5O2/c1-23-12-3-2-6-20(8-12)15(22)19-13-7-11(16)4-5-14(13)21-10-17-9-18-21/h4-5,7,9-10,12H,2-3,6,8H2,1H3,(H,19,22). The Morgan fingerprint density at radius 1 is 1.48 bits per heavy atom. The fourth-order valence-electron chi connectivity index (χ4n) is 2.65. The molecule has 2 amide bonds. The van der Waals surface area contributed by atoms with E-state index in [1.807, 2.05) is 0 Å². The average molecular weight is 336 g/mol. The van der Waals surface area contributed by atoms with Crippen molar-refractivity contribution in [2.45, 2.75) is 18.9 Å². The number of nitrogens with one attached hydrogen (secondary N) is 1. The predicted molar refractivity (Wildman–Crippen MR) is 87.0 cm³/mol. The van der Waals surface area contributed by atoms with E-state index in [1.165, 1.54) is 6.33 Å². The van der Waals surface area contributed by atoms with Crippen LogP contribution in [0.5, 0.6) is 0 Å². The normalized spacial score (nSPS) is 18.0. The van der Waals surface area contributed by atoms with E-state index < -0.39 is 0 Å². The highest BCUT2D eigenvalue weighted by atomic mass is 35.5. The fourth-order valence-corrected chi connectivity index (χ4v) is 2.82. The summed E-state index contributed by atoms with van der Waals surface area (Å²) in [6.45, 7) is 1.30. The third-order valence-corrected chi connectivity index (χ3v) is 4.10. The predicted octanol–water partition coefficient (Wildman–Crippen LogP) is 2.56. The highest BCUT2D eigenvalue weighted by molar-refractivity contribution is 6.31. The summed E-state index contributed by atoms with van der Waals surface area (Å²) >= 11 is 6.06. The Bertz CT molecular complexity index is 677. The van der Waals surface area contributed by atoms with Crippen molar-refractivity contribution in [3.05, 3.63) is 35.9 Å². The molecule has 0 radical (unpaired) electrons. The minimum Gasteiger partial charge on any atom is -0.380 e. The molecule has 1 aliphatic heterocycles. The van der Waals surface area contributed by atoms with Gasteiger partial charge in [0.25, 0.3) is 0 Å². The van der Waals surface area contributed by atoms with Crippen LogP contribution in [-0.4, -0.2) is 52.0 Å². The number of piperidine rings is 1. The van der Waals surface area contributed by atoms with Crippen molar-refractivity contribution in [1.29, 1.82) is 0 Å². The van der Waals surface area contributed by atoms with Crippen LogP contribution in [0.2, 0.25) is 5.02 Å². The van der Waals surface area contributed by atoms with Gasteiger partial charge in [-0.1, -0.05) is 11.6 Å². The van der Waals surface area contributed by atoms with Gasteiger partial charge in [-0.05, 0) is 31.0 Å². The molecule has 1 aliphatic rings. The number of ether oxygens (including phenoxy) is 1. The first-order chi connectivity index (χ1) is 11.2. The molecule has 1 aromatic heterocycles. The summed E-state index contributed by atoms with van der Waals surface area (Å²) in [5.74, 6) is 0. The van der Waals surface area contributed by atoms with E-state index in [4.69, 9.17) is 16.3 Å². The molecule has 122 valence electrons. The Kier molecular flexibility index (Phi) is 4.78. The van der Waals surface area contributed by atoms with Gasteiger partial charge in [0.05, 0.1) is 17.5 Å². The number of halogens is 1. The van der Waals surface area contributed by atoms with Crippen molar-refractivity contribution < 1.29 is 9.53 Å². The zero-order valence-electron chi connectivity index (χ0n) is 12.8. The van der Waals surface area contributed by atoms with Crippen molar-refractivity contribution in [3.63, 3.8) is 0 Å². The summed E-state index contributed by atoms with van der Waals surface area (Å²) in [6, 6.07) is 5.07. The average Bonchev–Trinajstić information content (AvgIpc) is 3.09. The lowest BCUT2D eigenvalue weighted by molar-refractivity contribution is 0.0458. The second-order valence-corrected chi connectivity index (χ2v) is 5.81. The molecule has 2 aromatic rings. The lowest BCUT2D eigenvalue weighted by Crippen LogP contribution is -2.45. The van der Waals surface area contributed by atoms with Crippen molar-refractivity contribution in [3.8, 4) is 5.69 Å². The van der Waals surface area contributed by atoms with Crippen LogP contribution in [0.15, 0.2) is 30.9 Å². The minimum atomic E-state index is -0.171. The van der Waals surface area contributed by atoms with Gasteiger partial charge in [0.2, 0.25) is 0 Å². The van der Waals surface area contributed by atoms with Crippen molar-refractivity contribution in [2.75, 3.05) is 25.5 Å². The molecular formula is C15H18ClN5O2. The van der Waals surface area contributed by atoms with Crippen LogP contribution in [-0.2, 0) is 4.74 Å². The van der Waals surface area contributed by atoms with Crippen LogP contribution in [0.1, 0.15) is 12.8 Å². The van der Waals surface area contributed by atoms with Gasteiger partial charge in [-0.25, -0.2) is 14.5 Å². The molecule has 7 nitrogen and oxygen atoms in total. The van der Waals surface area contributed by atoms with E-state index in [1.54, 1.807) is 41.2 Å². The van der Waals surface area contributed by atoms with Crippen LogP contribution in [0.25, 0.3) is 5.69 Å². The molecule has 1 fully saturated rings. The molecule has 2 heterocycles. The Morgan fingerprint density at radius 3 is 3.09 bits per heavy atom. The van der Waals surface area contributed by atoms with Crippen molar-refractivity contribution in [2.24, 2.45) is 0 Å². The van der Waals surface area contributed by atoms with Crippen molar-refractivity contribution in [1.82, 2.24) is 19.7 Å². The maximum absolute atomic E-state index is 12.5. The van der Waals surface area contributed by atoms with Crippen LogP contribution in [0.3, 0.4) is 0 Å². The molecule has 0 aliphatic carbocycles. The zero-order chi connectivity index (χ0) is 16.2. The number of hydrogen-bond acceptors (Lipinski definition) is 4. The highest BCUT2D eigenvalue weighted by Crippen LogP contribution is 2.25. The maximum Gasteiger partial charge on any atom is 0.321 e. The first-order valence-electron chi connectivity index (χ1n) is 7.40. The smallest absolute Gasteiger partial charge is 0.321 e. The number of carbonyl (C=O) groups is 1. The van der Waals surface area contributed by atoms with E-state index >= 15 is 0 Å². The molecule has 1 unspecified atom stereocenters. The molecule has 8 heteroatoms. The second-order valence-electron chi connectivity index (χ2n) is 5.38. The molecule has 1 atom stereocenters. The first-order valence-corrected chi connectivity index (χ1v) is 7.78. The number of aromatic nitrogens is 3. The topological polar surface area (TPSA) is 72.3 Å². The molecule has 0 spiro atoms. The van der Waals surface area contributed by atoms with Gasteiger partial charge >= 0.3 is 6.03 Å². The van der Waals surface area contributed by atoms with E-state index in [9.17, 15) is 4.79 Å². The number of urea groups is 1. The Labute approximate surface area is 139 Å². The molecule has 3 rings (SSSR count). The number of hydrogen-bond donors (Lipinski definition) is 1. The number of nitrogens with zero attached hydrogens (tertiary/aromatic N) is 4. The summed E-state index contributed by atoms with van der Waals surface area (Å²) in [5, 5.41) is 7.55. The van der Waals surface area contributed by atoms with Gasteiger partial charge in [0.15, 0.2) is 0 Å². The van der Waals surface area contributed by atoms with Gasteiger partial charge in [-0.15, -0.1) is 0 Å². The molecule has 0 saturated carbocycles. The monoisotopic (exact) mass is 335 g/mol. The molecule has 23 heavy (non-hydrogen) atoms. The van der Waals surface area contributed by atoms with E-state index in [0.717, 1.165) is 12.8 Å². The van der Waals surface area contributed by atoms with Gasteiger partial charge in [-0.2, -0.15) is 5.10 Å². The van der Waals surface area contributed by atoms with Gasteiger partial charge in [0.1, 0.15) is 12.7 Å². The quantitative estimate of drug-likeness (QED) is 0.935. The zero-order valence-corrected chi connectivity index (χ0v) is 13.5. The minimum absolute atomic E-state index is 0.0867. The van der Waals surface area contributed by atoms with Crippen LogP contribution >= 0.6 is 11.6 Å². The second kappa shape index (κ2) is 6.97. The number of benzene rings is 1. The van der Waals surface area contributed by atoms with Gasteiger partial charge in [0, 0.05) is 25.2 Å². The first kappa shape index (κ1) is 15.8. The molecular weight excluding hydrogens is 318 g/mol. The third kappa shape index (κ3) is 3.62. The number of rotatable bonds is 3. The Balaban J connectivity index is 1.79. The summed E-state index contributed by atoms with van der Waals surface area (Å²) in [7, 11) is 1.67. The molecule has 1 N–H and O–H groups in total. The number of anilines is 1. The fraction of sp³-hybridized carbons (Fsp3) is 0.400. The molecule has 1 saturated heterocycles. The lowest BCUT2D eigenvalue weighted by atomic mass is 10.1. The molecule has 0 bridgehead atoms. The van der Waals surface area contributed by atoms with Crippen LogP contribution in [0.4, 0.5) is 10.5 Å². The largest absolute Gasteiger partial charge is 0.380 e.